The first kappa shape index (κ1) is 13.4. The van der Waals surface area contributed by atoms with Gasteiger partial charge in [-0.2, -0.15) is 0 Å². The van der Waals surface area contributed by atoms with Crippen molar-refractivity contribution in [3.8, 4) is 0 Å². The Morgan fingerprint density at radius 2 is 2.33 bits per heavy atom. The van der Waals surface area contributed by atoms with Crippen molar-refractivity contribution in [1.29, 1.82) is 0 Å². The van der Waals surface area contributed by atoms with Gasteiger partial charge in [-0.05, 0) is 30.5 Å². The van der Waals surface area contributed by atoms with Crippen molar-refractivity contribution < 1.29 is 9.53 Å². The van der Waals surface area contributed by atoms with Crippen molar-refractivity contribution in [3.63, 3.8) is 0 Å². The number of amides is 1. The second-order valence-corrected chi connectivity index (χ2v) is 5.57. The molecule has 18 heavy (non-hydrogen) atoms. The molecule has 1 aromatic carbocycles. The Hall–Kier alpha value is -1.07. The maximum Gasteiger partial charge on any atom is 0.253 e. The Kier molecular flexibility index (Phi) is 4.24. The van der Waals surface area contributed by atoms with Crippen molar-refractivity contribution in [2.75, 3.05) is 18.9 Å². The molecule has 5 heteroatoms. The third-order valence-electron chi connectivity index (χ3n) is 3.22. The number of anilines is 1. The number of halogens is 1. The van der Waals surface area contributed by atoms with Gasteiger partial charge in [-0.3, -0.25) is 4.79 Å². The number of nitrogens with two attached hydrogens (primary N) is 1. The van der Waals surface area contributed by atoms with E-state index in [1.807, 2.05) is 6.07 Å². The number of nitrogen functional groups attached to an aromatic ring is 1. The van der Waals surface area contributed by atoms with Crippen LogP contribution >= 0.6 is 15.9 Å². The van der Waals surface area contributed by atoms with E-state index in [0.717, 1.165) is 10.9 Å². The highest BCUT2D eigenvalue weighted by molar-refractivity contribution is 9.10. The van der Waals surface area contributed by atoms with Gasteiger partial charge in [0.25, 0.3) is 5.91 Å². The molecule has 0 radical (unpaired) electrons. The highest BCUT2D eigenvalue weighted by atomic mass is 79.9. The zero-order chi connectivity index (χ0) is 13.1. The fraction of sp³-hybridized carbons (Fsp3) is 0.462. The van der Waals surface area contributed by atoms with E-state index in [9.17, 15) is 4.79 Å². The molecule has 0 aromatic heterocycles. The number of carbonyl (C=O) groups is 1. The first-order valence-electron chi connectivity index (χ1n) is 6.01. The zero-order valence-corrected chi connectivity index (χ0v) is 11.9. The molecule has 1 aliphatic heterocycles. The number of nitrogens with one attached hydrogen (secondary N) is 1. The topological polar surface area (TPSA) is 64.3 Å². The number of hydrogen-bond acceptors (Lipinski definition) is 3. The van der Waals surface area contributed by atoms with Gasteiger partial charge in [-0.25, -0.2) is 0 Å². The van der Waals surface area contributed by atoms with Crippen LogP contribution in [0.5, 0.6) is 0 Å². The van der Waals surface area contributed by atoms with E-state index in [4.69, 9.17) is 10.5 Å². The van der Waals surface area contributed by atoms with Gasteiger partial charge < -0.3 is 15.8 Å². The molecule has 1 fully saturated rings. The van der Waals surface area contributed by atoms with Crippen molar-refractivity contribution in [2.24, 2.45) is 5.92 Å². The summed E-state index contributed by atoms with van der Waals surface area (Å²) in [7, 11) is 0. The Labute approximate surface area is 115 Å². The van der Waals surface area contributed by atoms with Gasteiger partial charge >= 0.3 is 0 Å². The van der Waals surface area contributed by atoms with Crippen LogP contribution in [0.25, 0.3) is 0 Å². The average molecular weight is 313 g/mol. The van der Waals surface area contributed by atoms with Crippen molar-refractivity contribution in [3.05, 3.63) is 28.2 Å². The van der Waals surface area contributed by atoms with Gasteiger partial charge in [0, 0.05) is 22.8 Å². The van der Waals surface area contributed by atoms with E-state index >= 15 is 0 Å². The fourth-order valence-electron chi connectivity index (χ4n) is 2.07. The summed E-state index contributed by atoms with van der Waals surface area (Å²) in [5.41, 5.74) is 6.84. The number of ether oxygens (including phenoxy) is 1. The van der Waals surface area contributed by atoms with E-state index in [2.05, 4.69) is 28.2 Å². The Bertz CT molecular complexity index is 451. The standard InChI is InChI=1S/C13H17BrN2O2/c1-8-7-18-5-4-12(8)16-13(17)10-6-9(14)2-3-11(10)15/h2-3,6,8,12H,4-5,7,15H2,1H3,(H,16,17). The quantitative estimate of drug-likeness (QED) is 0.823. The summed E-state index contributed by atoms with van der Waals surface area (Å²) in [6, 6.07) is 5.45. The summed E-state index contributed by atoms with van der Waals surface area (Å²) in [6.45, 7) is 3.47. The first-order valence-corrected chi connectivity index (χ1v) is 6.81. The molecule has 1 amide bonds. The van der Waals surface area contributed by atoms with E-state index < -0.39 is 0 Å². The SMILES string of the molecule is CC1COCCC1NC(=O)c1cc(Br)ccc1N. The van der Waals surface area contributed by atoms with E-state index in [0.29, 0.717) is 30.4 Å². The molecule has 1 saturated heterocycles. The molecule has 1 aromatic rings. The molecular formula is C13H17BrN2O2. The average Bonchev–Trinajstić information content (AvgIpc) is 2.35. The lowest BCUT2D eigenvalue weighted by molar-refractivity contribution is 0.0375. The second kappa shape index (κ2) is 5.71. The van der Waals surface area contributed by atoms with E-state index in [1.54, 1.807) is 12.1 Å². The smallest absolute Gasteiger partial charge is 0.253 e. The Morgan fingerprint density at radius 1 is 1.56 bits per heavy atom. The molecule has 0 saturated carbocycles. The van der Waals surface area contributed by atoms with Gasteiger partial charge in [0.1, 0.15) is 0 Å². The Morgan fingerprint density at radius 3 is 3.06 bits per heavy atom. The summed E-state index contributed by atoms with van der Waals surface area (Å²) in [4.78, 5) is 12.2. The van der Waals surface area contributed by atoms with Gasteiger partial charge in [0.05, 0.1) is 12.2 Å². The molecule has 1 aliphatic rings. The van der Waals surface area contributed by atoms with Crippen molar-refractivity contribution >= 4 is 27.5 Å². The van der Waals surface area contributed by atoms with Crippen LogP contribution in [0, 0.1) is 5.92 Å². The zero-order valence-electron chi connectivity index (χ0n) is 10.3. The molecule has 0 bridgehead atoms. The third kappa shape index (κ3) is 3.03. The molecule has 4 nitrogen and oxygen atoms in total. The highest BCUT2D eigenvalue weighted by Crippen LogP contribution is 2.20. The second-order valence-electron chi connectivity index (χ2n) is 4.65. The molecule has 2 unspecified atom stereocenters. The van der Waals surface area contributed by atoms with E-state index in [-0.39, 0.29) is 11.9 Å². The van der Waals surface area contributed by atoms with E-state index in [1.165, 1.54) is 0 Å². The van der Waals surface area contributed by atoms with Crippen LogP contribution in [0.4, 0.5) is 5.69 Å². The minimum absolute atomic E-state index is 0.118. The summed E-state index contributed by atoms with van der Waals surface area (Å²) < 4.78 is 6.21. The molecule has 3 N–H and O–H groups in total. The normalized spacial score (nSPS) is 23.7. The van der Waals surface area contributed by atoms with Gasteiger partial charge in [0.15, 0.2) is 0 Å². The fourth-order valence-corrected chi connectivity index (χ4v) is 2.43. The van der Waals surface area contributed by atoms with Crippen LogP contribution in [0.3, 0.4) is 0 Å². The van der Waals surface area contributed by atoms with Crippen molar-refractivity contribution in [1.82, 2.24) is 5.32 Å². The number of hydrogen-bond donors (Lipinski definition) is 2. The summed E-state index contributed by atoms with van der Waals surface area (Å²) >= 11 is 3.35. The lowest BCUT2D eigenvalue weighted by Crippen LogP contribution is -2.44. The molecule has 0 spiro atoms. The molecular weight excluding hydrogens is 296 g/mol. The summed E-state index contributed by atoms with van der Waals surface area (Å²) in [6.07, 6.45) is 0.848. The number of benzene rings is 1. The monoisotopic (exact) mass is 312 g/mol. The maximum absolute atomic E-state index is 12.2. The van der Waals surface area contributed by atoms with Crippen LogP contribution in [0.1, 0.15) is 23.7 Å². The lowest BCUT2D eigenvalue weighted by Gasteiger charge is -2.29. The molecule has 2 rings (SSSR count). The minimum Gasteiger partial charge on any atom is -0.398 e. The van der Waals surface area contributed by atoms with Crippen LogP contribution in [-0.4, -0.2) is 25.2 Å². The van der Waals surface area contributed by atoms with Crippen LogP contribution in [-0.2, 0) is 4.74 Å². The van der Waals surface area contributed by atoms with Crippen LogP contribution < -0.4 is 11.1 Å². The largest absolute Gasteiger partial charge is 0.398 e. The summed E-state index contributed by atoms with van der Waals surface area (Å²) in [5.74, 6) is 0.212. The predicted molar refractivity (Wildman–Crippen MR) is 74.4 cm³/mol. The molecule has 98 valence electrons. The minimum atomic E-state index is -0.118. The summed E-state index contributed by atoms with van der Waals surface area (Å²) in [5, 5.41) is 3.03. The van der Waals surface area contributed by atoms with Gasteiger partial charge in [-0.1, -0.05) is 22.9 Å². The lowest BCUT2D eigenvalue weighted by atomic mass is 9.97. The number of carbonyl (C=O) groups excluding carboxylic acids is 1. The molecule has 2 atom stereocenters. The maximum atomic E-state index is 12.2. The number of rotatable bonds is 2. The Balaban J connectivity index is 2.09. The predicted octanol–water partition coefficient (Wildman–Crippen LogP) is 2.19. The van der Waals surface area contributed by atoms with Crippen molar-refractivity contribution in [2.45, 2.75) is 19.4 Å². The van der Waals surface area contributed by atoms with Gasteiger partial charge in [0.2, 0.25) is 0 Å². The van der Waals surface area contributed by atoms with Gasteiger partial charge in [-0.15, -0.1) is 0 Å². The molecule has 1 heterocycles. The molecule has 0 aliphatic carbocycles. The van der Waals surface area contributed by atoms with Crippen LogP contribution in [0.15, 0.2) is 22.7 Å². The van der Waals surface area contributed by atoms with Crippen LogP contribution in [0.2, 0.25) is 0 Å². The highest BCUT2D eigenvalue weighted by Gasteiger charge is 2.24. The first-order chi connectivity index (χ1) is 8.58. The third-order valence-corrected chi connectivity index (χ3v) is 3.71.